The second-order valence-electron chi connectivity index (χ2n) is 5.47. The minimum Gasteiger partial charge on any atom is -0.378 e. The number of hydrogen-bond acceptors (Lipinski definition) is 6. The molecule has 1 unspecified atom stereocenters. The van der Waals surface area contributed by atoms with Gasteiger partial charge in [0.15, 0.2) is 5.13 Å². The Morgan fingerprint density at radius 3 is 3.14 bits per heavy atom. The maximum absolute atomic E-state index is 12.4. The van der Waals surface area contributed by atoms with Crippen LogP contribution in [-0.2, 0) is 9.53 Å². The maximum Gasteiger partial charge on any atom is 0.224 e. The summed E-state index contributed by atoms with van der Waals surface area (Å²) in [6.45, 7) is 5.70. The first-order chi connectivity index (χ1) is 10.3. The molecule has 1 aromatic rings. The molecule has 0 spiro atoms. The van der Waals surface area contributed by atoms with Crippen molar-refractivity contribution >= 4 is 22.4 Å². The van der Waals surface area contributed by atoms with Gasteiger partial charge in [-0.2, -0.15) is 0 Å². The summed E-state index contributed by atoms with van der Waals surface area (Å²) in [4.78, 5) is 21.0. The van der Waals surface area contributed by atoms with Gasteiger partial charge in [0.25, 0.3) is 0 Å². The topological polar surface area (TPSA) is 57.7 Å². The molecular formula is C14H22N4O2S. The Balaban J connectivity index is 1.51. The molecule has 1 amide bonds. The summed E-state index contributed by atoms with van der Waals surface area (Å²) >= 11 is 1.66. The summed E-state index contributed by atoms with van der Waals surface area (Å²) in [7, 11) is 0. The van der Waals surface area contributed by atoms with E-state index in [9.17, 15) is 4.79 Å². The summed E-state index contributed by atoms with van der Waals surface area (Å²) in [5.74, 6) is 0.235. The van der Waals surface area contributed by atoms with Gasteiger partial charge in [-0.15, -0.1) is 11.3 Å². The zero-order valence-electron chi connectivity index (χ0n) is 12.2. The molecule has 2 fully saturated rings. The summed E-state index contributed by atoms with van der Waals surface area (Å²) < 4.78 is 5.41. The Bertz CT molecular complexity index is 448. The first-order valence-electron chi connectivity index (χ1n) is 7.56. The number of nitrogens with one attached hydrogen (secondary N) is 1. The third-order valence-electron chi connectivity index (χ3n) is 3.96. The molecule has 2 aliphatic heterocycles. The molecule has 0 saturated carbocycles. The predicted molar refractivity (Wildman–Crippen MR) is 82.8 cm³/mol. The number of carbonyl (C=O) groups excluding carboxylic acids is 1. The number of carbonyl (C=O) groups is 1. The van der Waals surface area contributed by atoms with E-state index >= 15 is 0 Å². The van der Waals surface area contributed by atoms with Crippen LogP contribution < -0.4 is 10.2 Å². The van der Waals surface area contributed by atoms with Crippen molar-refractivity contribution in [2.75, 3.05) is 50.8 Å². The number of hydrogen-bond donors (Lipinski definition) is 1. The molecule has 2 aliphatic rings. The van der Waals surface area contributed by atoms with Crippen LogP contribution in [0.1, 0.15) is 12.8 Å². The lowest BCUT2D eigenvalue weighted by molar-refractivity contribution is -0.132. The fraction of sp³-hybridized carbons (Fsp3) is 0.714. The van der Waals surface area contributed by atoms with Gasteiger partial charge >= 0.3 is 0 Å². The van der Waals surface area contributed by atoms with Crippen molar-refractivity contribution in [3.8, 4) is 0 Å². The van der Waals surface area contributed by atoms with Crippen molar-refractivity contribution in [3.63, 3.8) is 0 Å². The van der Waals surface area contributed by atoms with Gasteiger partial charge in [0.1, 0.15) is 0 Å². The highest BCUT2D eigenvalue weighted by molar-refractivity contribution is 7.13. The normalized spacial score (nSPS) is 23.9. The van der Waals surface area contributed by atoms with Gasteiger partial charge in [0.2, 0.25) is 5.91 Å². The molecule has 3 heterocycles. The molecule has 1 atom stereocenters. The second-order valence-corrected chi connectivity index (χ2v) is 6.34. The summed E-state index contributed by atoms with van der Waals surface area (Å²) in [5.41, 5.74) is 0. The second kappa shape index (κ2) is 7.20. The Kier molecular flexibility index (Phi) is 5.05. The third kappa shape index (κ3) is 3.93. The lowest BCUT2D eigenvalue weighted by Gasteiger charge is -2.27. The van der Waals surface area contributed by atoms with Crippen molar-refractivity contribution in [1.29, 1.82) is 0 Å². The van der Waals surface area contributed by atoms with Gasteiger partial charge in [0, 0.05) is 56.8 Å². The fourth-order valence-corrected chi connectivity index (χ4v) is 3.52. The van der Waals surface area contributed by atoms with Crippen molar-refractivity contribution in [1.82, 2.24) is 15.2 Å². The van der Waals surface area contributed by atoms with E-state index in [1.165, 1.54) is 0 Å². The van der Waals surface area contributed by atoms with E-state index in [2.05, 4.69) is 15.2 Å². The van der Waals surface area contributed by atoms with Crippen LogP contribution in [-0.4, -0.2) is 67.8 Å². The van der Waals surface area contributed by atoms with E-state index in [1.54, 1.807) is 11.3 Å². The molecule has 0 bridgehead atoms. The van der Waals surface area contributed by atoms with Crippen molar-refractivity contribution < 1.29 is 9.53 Å². The van der Waals surface area contributed by atoms with Gasteiger partial charge in [-0.1, -0.05) is 0 Å². The van der Waals surface area contributed by atoms with E-state index in [0.29, 0.717) is 13.0 Å². The first kappa shape index (κ1) is 14.7. The Hall–Kier alpha value is -1.18. The molecule has 3 rings (SSSR count). The number of amides is 1. The zero-order chi connectivity index (χ0) is 14.5. The van der Waals surface area contributed by atoms with Gasteiger partial charge in [-0.3, -0.25) is 4.79 Å². The van der Waals surface area contributed by atoms with E-state index < -0.39 is 0 Å². The lowest BCUT2D eigenvalue weighted by atomic mass is 10.1. The van der Waals surface area contributed by atoms with Gasteiger partial charge in [-0.25, -0.2) is 4.98 Å². The minimum atomic E-state index is 0.171. The van der Waals surface area contributed by atoms with Crippen molar-refractivity contribution in [2.24, 2.45) is 0 Å². The molecule has 7 heteroatoms. The average molecular weight is 310 g/mol. The molecule has 1 N–H and O–H groups in total. The molecule has 6 nitrogen and oxygen atoms in total. The highest BCUT2D eigenvalue weighted by atomic mass is 32.1. The van der Waals surface area contributed by atoms with E-state index in [4.69, 9.17) is 4.74 Å². The predicted octanol–water partition coefficient (Wildman–Crippen LogP) is 0.560. The number of aromatic nitrogens is 1. The number of nitrogens with zero attached hydrogens (tertiary/aromatic N) is 3. The third-order valence-corrected chi connectivity index (χ3v) is 4.79. The van der Waals surface area contributed by atoms with Crippen LogP contribution in [0.3, 0.4) is 0 Å². The largest absolute Gasteiger partial charge is 0.378 e. The van der Waals surface area contributed by atoms with Crippen LogP contribution in [0.5, 0.6) is 0 Å². The van der Waals surface area contributed by atoms with Gasteiger partial charge in [-0.05, 0) is 6.42 Å². The smallest absolute Gasteiger partial charge is 0.224 e. The lowest BCUT2D eigenvalue weighted by Crippen LogP contribution is -2.45. The molecule has 0 radical (unpaired) electrons. The van der Waals surface area contributed by atoms with Crippen LogP contribution in [0.2, 0.25) is 0 Å². The zero-order valence-corrected chi connectivity index (χ0v) is 13.0. The van der Waals surface area contributed by atoms with Crippen LogP contribution >= 0.6 is 11.3 Å². The summed E-state index contributed by atoms with van der Waals surface area (Å²) in [5, 5.41) is 6.40. The monoisotopic (exact) mass is 310 g/mol. The minimum absolute atomic E-state index is 0.171. The van der Waals surface area contributed by atoms with Crippen molar-refractivity contribution in [3.05, 3.63) is 11.6 Å². The molecular weight excluding hydrogens is 288 g/mol. The molecule has 0 aromatic carbocycles. The van der Waals surface area contributed by atoms with E-state index in [-0.39, 0.29) is 11.9 Å². The van der Waals surface area contributed by atoms with Crippen LogP contribution in [0.25, 0.3) is 0 Å². The Morgan fingerprint density at radius 2 is 2.38 bits per heavy atom. The Morgan fingerprint density at radius 1 is 1.43 bits per heavy atom. The van der Waals surface area contributed by atoms with Crippen molar-refractivity contribution in [2.45, 2.75) is 18.9 Å². The number of anilines is 1. The molecule has 116 valence electrons. The Labute approximate surface area is 129 Å². The van der Waals surface area contributed by atoms with E-state index in [1.807, 2.05) is 16.5 Å². The fourth-order valence-electron chi connectivity index (χ4n) is 2.82. The first-order valence-corrected chi connectivity index (χ1v) is 8.44. The highest BCUT2D eigenvalue weighted by Crippen LogP contribution is 2.19. The van der Waals surface area contributed by atoms with Crippen LogP contribution in [0.15, 0.2) is 11.6 Å². The van der Waals surface area contributed by atoms with Gasteiger partial charge in [0.05, 0.1) is 13.2 Å². The summed E-state index contributed by atoms with van der Waals surface area (Å²) in [6.07, 6.45) is 3.37. The van der Waals surface area contributed by atoms with Gasteiger partial charge < -0.3 is 19.9 Å². The SMILES string of the molecule is O=C(CC1COCCN1)N1CCCN(c2nccs2)CC1. The number of ether oxygens (including phenoxy) is 1. The highest BCUT2D eigenvalue weighted by Gasteiger charge is 2.23. The number of rotatable bonds is 3. The number of thiazole rings is 1. The average Bonchev–Trinajstić information content (AvgIpc) is 2.93. The summed E-state index contributed by atoms with van der Waals surface area (Å²) in [6, 6.07) is 0.171. The van der Waals surface area contributed by atoms with Crippen LogP contribution in [0, 0.1) is 0 Å². The molecule has 2 saturated heterocycles. The molecule has 0 aliphatic carbocycles. The van der Waals surface area contributed by atoms with Crippen LogP contribution in [0.4, 0.5) is 5.13 Å². The quantitative estimate of drug-likeness (QED) is 0.884. The molecule has 1 aromatic heterocycles. The molecule has 21 heavy (non-hydrogen) atoms. The number of morpholine rings is 1. The standard InChI is InChI=1S/C14H22N4O2S/c19-13(10-12-11-20-8-2-15-12)17-4-1-5-18(7-6-17)14-16-3-9-21-14/h3,9,12,15H,1-2,4-8,10-11H2. The maximum atomic E-state index is 12.4. The van der Waals surface area contributed by atoms with E-state index in [0.717, 1.165) is 50.9 Å².